The molecule has 1 amide bonds. The summed E-state index contributed by atoms with van der Waals surface area (Å²) in [7, 11) is 0. The van der Waals surface area contributed by atoms with Crippen molar-refractivity contribution in [2.75, 3.05) is 5.32 Å². The van der Waals surface area contributed by atoms with Crippen molar-refractivity contribution in [3.05, 3.63) is 42.8 Å². The number of benzene rings is 1. The highest BCUT2D eigenvalue weighted by atomic mass is 16.3. The zero-order valence-electron chi connectivity index (χ0n) is 13.7. The molecule has 3 aromatic rings. The molecule has 0 radical (unpaired) electrons. The van der Waals surface area contributed by atoms with E-state index in [4.69, 9.17) is 4.42 Å². The van der Waals surface area contributed by atoms with Crippen molar-refractivity contribution in [1.82, 2.24) is 14.5 Å². The number of rotatable bonds is 3. The predicted octanol–water partition coefficient (Wildman–Crippen LogP) is 3.52. The SMILES string of the molecule is CC(C(=O)Nc1ccc2oc(C(C)(C)C)nc2c1)n1ccnc1. The largest absolute Gasteiger partial charge is 0.440 e. The first kappa shape index (κ1) is 15.3. The third-order valence-electron chi connectivity index (χ3n) is 3.65. The summed E-state index contributed by atoms with van der Waals surface area (Å²) >= 11 is 0. The zero-order chi connectivity index (χ0) is 16.6. The molecule has 120 valence electrons. The molecular weight excluding hydrogens is 292 g/mol. The molecule has 2 aromatic heterocycles. The number of carbonyl (C=O) groups excluding carboxylic acids is 1. The first-order valence-electron chi connectivity index (χ1n) is 7.54. The van der Waals surface area contributed by atoms with Crippen molar-refractivity contribution >= 4 is 22.7 Å². The fourth-order valence-electron chi connectivity index (χ4n) is 2.21. The molecule has 0 saturated heterocycles. The Labute approximate surface area is 134 Å². The smallest absolute Gasteiger partial charge is 0.247 e. The second-order valence-electron chi connectivity index (χ2n) is 6.63. The van der Waals surface area contributed by atoms with E-state index in [0.717, 1.165) is 11.1 Å². The molecule has 0 aliphatic rings. The lowest BCUT2D eigenvalue weighted by Gasteiger charge is -2.13. The number of imidazole rings is 1. The van der Waals surface area contributed by atoms with Crippen molar-refractivity contribution in [1.29, 1.82) is 0 Å². The molecule has 6 nitrogen and oxygen atoms in total. The van der Waals surface area contributed by atoms with Crippen LogP contribution in [-0.4, -0.2) is 20.4 Å². The van der Waals surface area contributed by atoms with Crippen molar-refractivity contribution < 1.29 is 9.21 Å². The molecule has 1 unspecified atom stereocenters. The number of nitrogens with one attached hydrogen (secondary N) is 1. The van der Waals surface area contributed by atoms with Gasteiger partial charge in [-0.25, -0.2) is 9.97 Å². The fourth-order valence-corrected chi connectivity index (χ4v) is 2.21. The summed E-state index contributed by atoms with van der Waals surface area (Å²) in [6, 6.07) is 5.14. The summed E-state index contributed by atoms with van der Waals surface area (Å²) in [5.41, 5.74) is 2.00. The lowest BCUT2D eigenvalue weighted by atomic mass is 9.97. The molecule has 0 aliphatic carbocycles. The Morgan fingerprint density at radius 3 is 2.78 bits per heavy atom. The summed E-state index contributed by atoms with van der Waals surface area (Å²) in [6.07, 6.45) is 5.04. The molecule has 2 heterocycles. The summed E-state index contributed by atoms with van der Waals surface area (Å²) in [6.45, 7) is 7.97. The predicted molar refractivity (Wildman–Crippen MR) is 88.3 cm³/mol. The number of carbonyl (C=O) groups is 1. The monoisotopic (exact) mass is 312 g/mol. The first-order chi connectivity index (χ1) is 10.8. The van der Waals surface area contributed by atoms with Crippen LogP contribution < -0.4 is 5.32 Å². The summed E-state index contributed by atoms with van der Waals surface area (Å²) in [5, 5.41) is 2.90. The average Bonchev–Trinajstić information content (AvgIpc) is 3.14. The third-order valence-corrected chi connectivity index (χ3v) is 3.65. The van der Waals surface area contributed by atoms with E-state index in [1.807, 2.05) is 45.9 Å². The molecule has 6 heteroatoms. The zero-order valence-corrected chi connectivity index (χ0v) is 13.7. The molecule has 0 spiro atoms. The Hall–Kier alpha value is -2.63. The lowest BCUT2D eigenvalue weighted by molar-refractivity contribution is -0.118. The highest BCUT2D eigenvalue weighted by molar-refractivity contribution is 5.95. The van der Waals surface area contributed by atoms with Gasteiger partial charge in [-0.15, -0.1) is 0 Å². The fraction of sp³-hybridized carbons (Fsp3) is 0.353. The Morgan fingerprint density at radius 1 is 1.35 bits per heavy atom. The van der Waals surface area contributed by atoms with E-state index in [2.05, 4.69) is 15.3 Å². The maximum atomic E-state index is 12.3. The van der Waals surface area contributed by atoms with Gasteiger partial charge in [-0.05, 0) is 25.1 Å². The number of fused-ring (bicyclic) bond motifs is 1. The van der Waals surface area contributed by atoms with Gasteiger partial charge >= 0.3 is 0 Å². The second-order valence-corrected chi connectivity index (χ2v) is 6.63. The maximum absolute atomic E-state index is 12.3. The standard InChI is InChI=1S/C17H20N4O2/c1-11(21-8-7-18-10-21)15(22)19-12-5-6-14-13(9-12)20-16(23-14)17(2,3)4/h5-11H,1-4H3,(H,19,22). The van der Waals surface area contributed by atoms with Crippen LogP contribution in [0.4, 0.5) is 5.69 Å². The topological polar surface area (TPSA) is 73.0 Å². The van der Waals surface area contributed by atoms with Gasteiger partial charge in [0.2, 0.25) is 11.8 Å². The summed E-state index contributed by atoms with van der Waals surface area (Å²) in [4.78, 5) is 20.8. The normalized spacial score (nSPS) is 13.2. The van der Waals surface area contributed by atoms with E-state index >= 15 is 0 Å². The van der Waals surface area contributed by atoms with Crippen LogP contribution in [0, 0.1) is 0 Å². The van der Waals surface area contributed by atoms with E-state index in [0.29, 0.717) is 11.6 Å². The van der Waals surface area contributed by atoms with Crippen LogP contribution in [0.2, 0.25) is 0 Å². The minimum atomic E-state index is -0.337. The number of anilines is 1. The van der Waals surface area contributed by atoms with Crippen LogP contribution in [0.15, 0.2) is 41.3 Å². The van der Waals surface area contributed by atoms with E-state index < -0.39 is 0 Å². The van der Waals surface area contributed by atoms with Crippen LogP contribution in [-0.2, 0) is 10.2 Å². The number of aromatic nitrogens is 3. The van der Waals surface area contributed by atoms with Crippen LogP contribution in [0.5, 0.6) is 0 Å². The van der Waals surface area contributed by atoms with Crippen LogP contribution in [0.1, 0.15) is 39.6 Å². The molecule has 3 rings (SSSR count). The molecule has 0 fully saturated rings. The van der Waals surface area contributed by atoms with Crippen LogP contribution >= 0.6 is 0 Å². The van der Waals surface area contributed by atoms with Crippen molar-refractivity contribution in [2.45, 2.75) is 39.2 Å². The molecule has 0 aliphatic heterocycles. The quantitative estimate of drug-likeness (QED) is 0.803. The highest BCUT2D eigenvalue weighted by Gasteiger charge is 2.21. The van der Waals surface area contributed by atoms with Crippen LogP contribution in [0.25, 0.3) is 11.1 Å². The molecule has 1 N–H and O–H groups in total. The number of hydrogen-bond donors (Lipinski definition) is 1. The number of amides is 1. The second kappa shape index (κ2) is 5.53. The van der Waals surface area contributed by atoms with Gasteiger partial charge in [0.05, 0.1) is 6.33 Å². The minimum absolute atomic E-state index is 0.109. The van der Waals surface area contributed by atoms with Crippen molar-refractivity contribution in [3.63, 3.8) is 0 Å². The molecule has 0 bridgehead atoms. The first-order valence-corrected chi connectivity index (χ1v) is 7.54. The Bertz CT molecular complexity index is 828. The summed E-state index contributed by atoms with van der Waals surface area (Å²) in [5.74, 6) is 0.574. The molecular formula is C17H20N4O2. The van der Waals surface area contributed by atoms with E-state index in [1.54, 1.807) is 23.3 Å². The molecule has 0 saturated carbocycles. The Balaban J connectivity index is 1.82. The number of oxazole rings is 1. The average molecular weight is 312 g/mol. The van der Waals surface area contributed by atoms with Gasteiger partial charge in [0, 0.05) is 23.5 Å². The van der Waals surface area contributed by atoms with Crippen molar-refractivity contribution in [2.24, 2.45) is 0 Å². The lowest BCUT2D eigenvalue weighted by Crippen LogP contribution is -2.22. The minimum Gasteiger partial charge on any atom is -0.440 e. The van der Waals surface area contributed by atoms with Gasteiger partial charge in [0.25, 0.3) is 0 Å². The van der Waals surface area contributed by atoms with Crippen LogP contribution in [0.3, 0.4) is 0 Å². The Kier molecular flexibility index (Phi) is 3.67. The number of hydrogen-bond acceptors (Lipinski definition) is 4. The van der Waals surface area contributed by atoms with Gasteiger partial charge in [0.1, 0.15) is 11.6 Å². The van der Waals surface area contributed by atoms with Gasteiger partial charge < -0.3 is 14.3 Å². The van der Waals surface area contributed by atoms with E-state index in [1.165, 1.54) is 0 Å². The maximum Gasteiger partial charge on any atom is 0.247 e. The third kappa shape index (κ3) is 3.11. The van der Waals surface area contributed by atoms with Crippen molar-refractivity contribution in [3.8, 4) is 0 Å². The van der Waals surface area contributed by atoms with E-state index in [-0.39, 0.29) is 17.4 Å². The van der Waals surface area contributed by atoms with Gasteiger partial charge in [-0.3, -0.25) is 4.79 Å². The Morgan fingerprint density at radius 2 is 2.13 bits per heavy atom. The molecule has 23 heavy (non-hydrogen) atoms. The van der Waals surface area contributed by atoms with Gasteiger partial charge in [-0.2, -0.15) is 0 Å². The van der Waals surface area contributed by atoms with E-state index in [9.17, 15) is 4.79 Å². The number of nitrogens with zero attached hydrogens (tertiary/aromatic N) is 3. The van der Waals surface area contributed by atoms with Gasteiger partial charge in [0.15, 0.2) is 5.58 Å². The molecule has 1 aromatic carbocycles. The van der Waals surface area contributed by atoms with Gasteiger partial charge in [-0.1, -0.05) is 20.8 Å². The summed E-state index contributed by atoms with van der Waals surface area (Å²) < 4.78 is 7.51. The highest BCUT2D eigenvalue weighted by Crippen LogP contribution is 2.27. The molecule has 1 atom stereocenters.